The molecule has 31 heavy (non-hydrogen) atoms. The van der Waals surface area contributed by atoms with Crippen molar-refractivity contribution in [3.63, 3.8) is 0 Å². The summed E-state index contributed by atoms with van der Waals surface area (Å²) in [5.41, 5.74) is 0.772. The summed E-state index contributed by atoms with van der Waals surface area (Å²) in [5.74, 6) is 0.0309. The van der Waals surface area contributed by atoms with Crippen molar-refractivity contribution in [3.05, 3.63) is 23.8 Å². The Morgan fingerprint density at radius 3 is 2.39 bits per heavy atom. The number of amides is 1. The van der Waals surface area contributed by atoms with Gasteiger partial charge in [0.05, 0.1) is 20.8 Å². The third-order valence-electron chi connectivity index (χ3n) is 4.88. The molecule has 1 unspecified atom stereocenters. The van der Waals surface area contributed by atoms with Gasteiger partial charge in [-0.3, -0.25) is 0 Å². The fraction of sp³-hybridized carbons (Fsp3) is 0.652. The number of hydrogen-bond acceptors (Lipinski definition) is 6. The molecule has 1 amide bonds. The van der Waals surface area contributed by atoms with Gasteiger partial charge in [-0.15, -0.1) is 0 Å². The van der Waals surface area contributed by atoms with Gasteiger partial charge in [-0.1, -0.05) is 38.7 Å². The van der Waals surface area contributed by atoms with E-state index in [0.29, 0.717) is 31.2 Å². The number of hydrogen-bond donors (Lipinski definition) is 1. The minimum absolute atomic E-state index is 0.230. The fourth-order valence-electron chi connectivity index (χ4n) is 3.19. The highest BCUT2D eigenvalue weighted by Crippen LogP contribution is 2.29. The Morgan fingerprint density at radius 2 is 1.77 bits per heavy atom. The van der Waals surface area contributed by atoms with Crippen LogP contribution in [0.25, 0.3) is 0 Å². The Balaban J connectivity index is 2.65. The number of carbonyl (C=O) groups excluding carboxylic acids is 1. The van der Waals surface area contributed by atoms with Gasteiger partial charge in [0.25, 0.3) is 0 Å². The van der Waals surface area contributed by atoms with Crippen LogP contribution in [0.3, 0.4) is 0 Å². The molecule has 0 heterocycles. The van der Waals surface area contributed by atoms with E-state index in [0.717, 1.165) is 24.8 Å². The number of aliphatic carboxylic acids is 1. The van der Waals surface area contributed by atoms with Crippen molar-refractivity contribution < 1.29 is 33.6 Å². The maximum atomic E-state index is 12.0. The molecule has 0 aliphatic heterocycles. The van der Waals surface area contributed by atoms with Gasteiger partial charge in [-0.05, 0) is 31.0 Å². The standard InChI is InChI=1S/C23H37NO7/c1-5-7-8-9-10-13-24(23(27)29-4)14-15-31-19-12-11-18(16-20(19)28-3)17-21(22(25)26)30-6-2/h11-12,16,21H,5-10,13-15,17H2,1-4H3,(H,25,26). The Labute approximate surface area is 185 Å². The fourth-order valence-corrected chi connectivity index (χ4v) is 3.19. The average molecular weight is 440 g/mol. The first-order chi connectivity index (χ1) is 15.0. The molecule has 1 N–H and O–H groups in total. The highest BCUT2D eigenvalue weighted by molar-refractivity contribution is 5.72. The van der Waals surface area contributed by atoms with Crippen LogP contribution >= 0.6 is 0 Å². The molecule has 0 aliphatic carbocycles. The van der Waals surface area contributed by atoms with Crippen molar-refractivity contribution >= 4 is 12.1 Å². The first-order valence-corrected chi connectivity index (χ1v) is 10.9. The predicted octanol–water partition coefficient (Wildman–Crippen LogP) is 4.15. The number of carbonyl (C=O) groups is 2. The number of nitrogens with zero attached hydrogens (tertiary/aromatic N) is 1. The van der Waals surface area contributed by atoms with Crippen molar-refractivity contribution in [2.75, 3.05) is 40.5 Å². The molecule has 1 aromatic carbocycles. The Kier molecular flexibility index (Phi) is 13.1. The lowest BCUT2D eigenvalue weighted by atomic mass is 10.1. The summed E-state index contributed by atoms with van der Waals surface area (Å²) in [4.78, 5) is 25.0. The molecule has 0 bridgehead atoms. The second kappa shape index (κ2) is 15.3. The van der Waals surface area contributed by atoms with Crippen molar-refractivity contribution in [3.8, 4) is 11.5 Å². The SMILES string of the molecule is CCCCCCCN(CCOc1ccc(CC(OCC)C(=O)O)cc1OC)C(=O)OC. The quantitative estimate of drug-likeness (QED) is 0.387. The van der Waals surface area contributed by atoms with Crippen molar-refractivity contribution in [1.82, 2.24) is 4.90 Å². The molecule has 8 nitrogen and oxygen atoms in total. The van der Waals surface area contributed by atoms with Crippen LogP contribution in [0, 0.1) is 0 Å². The van der Waals surface area contributed by atoms with E-state index in [1.165, 1.54) is 27.1 Å². The molecule has 0 aromatic heterocycles. The largest absolute Gasteiger partial charge is 0.493 e. The Bertz CT molecular complexity index is 665. The lowest BCUT2D eigenvalue weighted by Gasteiger charge is -2.21. The van der Waals surface area contributed by atoms with Gasteiger partial charge in [0, 0.05) is 19.6 Å². The van der Waals surface area contributed by atoms with Crippen LogP contribution < -0.4 is 9.47 Å². The van der Waals surface area contributed by atoms with Crippen LogP contribution in [0.1, 0.15) is 51.5 Å². The zero-order valence-electron chi connectivity index (χ0n) is 19.2. The second-order valence-electron chi connectivity index (χ2n) is 7.19. The molecule has 176 valence electrons. The van der Waals surface area contributed by atoms with Gasteiger partial charge in [-0.2, -0.15) is 0 Å². The molecular weight excluding hydrogens is 402 g/mol. The summed E-state index contributed by atoms with van der Waals surface area (Å²) < 4.78 is 21.4. The molecule has 0 saturated carbocycles. The minimum Gasteiger partial charge on any atom is -0.493 e. The van der Waals surface area contributed by atoms with Crippen molar-refractivity contribution in [2.24, 2.45) is 0 Å². The van der Waals surface area contributed by atoms with Crippen LogP contribution in [0.2, 0.25) is 0 Å². The number of carboxylic acid groups (broad SMARTS) is 1. The van der Waals surface area contributed by atoms with Gasteiger partial charge < -0.3 is 29.0 Å². The lowest BCUT2D eigenvalue weighted by molar-refractivity contribution is -0.149. The number of rotatable bonds is 16. The smallest absolute Gasteiger partial charge is 0.409 e. The second-order valence-corrected chi connectivity index (χ2v) is 7.19. The number of carboxylic acids is 1. The van der Waals surface area contributed by atoms with Gasteiger partial charge in [0.1, 0.15) is 6.61 Å². The van der Waals surface area contributed by atoms with E-state index in [1.807, 2.05) is 0 Å². The average Bonchev–Trinajstić information content (AvgIpc) is 2.77. The maximum Gasteiger partial charge on any atom is 0.409 e. The normalized spacial score (nSPS) is 11.6. The van der Waals surface area contributed by atoms with E-state index in [1.54, 1.807) is 30.0 Å². The van der Waals surface area contributed by atoms with Crippen LogP contribution in [0.15, 0.2) is 18.2 Å². The Hall–Kier alpha value is -2.48. The third-order valence-corrected chi connectivity index (χ3v) is 4.88. The van der Waals surface area contributed by atoms with Crippen molar-refractivity contribution in [1.29, 1.82) is 0 Å². The number of benzene rings is 1. The highest BCUT2D eigenvalue weighted by Gasteiger charge is 2.19. The molecule has 1 atom stereocenters. The summed E-state index contributed by atoms with van der Waals surface area (Å²) in [5, 5.41) is 9.26. The highest BCUT2D eigenvalue weighted by atomic mass is 16.5. The summed E-state index contributed by atoms with van der Waals surface area (Å²) in [6.45, 7) is 5.57. The molecule has 0 fully saturated rings. The molecule has 1 rings (SSSR count). The van der Waals surface area contributed by atoms with E-state index >= 15 is 0 Å². The minimum atomic E-state index is -1.00. The van der Waals surface area contributed by atoms with E-state index in [4.69, 9.17) is 18.9 Å². The van der Waals surface area contributed by atoms with Crippen LogP contribution in [0.5, 0.6) is 11.5 Å². The maximum absolute atomic E-state index is 12.0. The third kappa shape index (κ3) is 9.91. The number of methoxy groups -OCH3 is 2. The molecule has 0 aliphatic rings. The first kappa shape index (κ1) is 26.6. The summed E-state index contributed by atoms with van der Waals surface area (Å²) in [6.07, 6.45) is 4.51. The van der Waals surface area contributed by atoms with Gasteiger partial charge in [-0.25, -0.2) is 9.59 Å². The van der Waals surface area contributed by atoms with Gasteiger partial charge in [0.2, 0.25) is 0 Å². The van der Waals surface area contributed by atoms with Gasteiger partial charge >= 0.3 is 12.1 Å². The molecule has 0 saturated heterocycles. The molecule has 0 spiro atoms. The number of unbranched alkanes of at least 4 members (excludes halogenated alkanes) is 4. The summed E-state index contributed by atoms with van der Waals surface area (Å²) in [6, 6.07) is 5.28. The zero-order chi connectivity index (χ0) is 23.1. The summed E-state index contributed by atoms with van der Waals surface area (Å²) >= 11 is 0. The monoisotopic (exact) mass is 439 g/mol. The van der Waals surface area contributed by atoms with E-state index in [-0.39, 0.29) is 19.1 Å². The first-order valence-electron chi connectivity index (χ1n) is 10.9. The summed E-state index contributed by atoms with van der Waals surface area (Å²) in [7, 11) is 2.90. The molecule has 8 heteroatoms. The molecule has 0 radical (unpaired) electrons. The number of ether oxygens (including phenoxy) is 4. The van der Waals surface area contributed by atoms with E-state index in [9.17, 15) is 14.7 Å². The predicted molar refractivity (Wildman–Crippen MR) is 118 cm³/mol. The van der Waals surface area contributed by atoms with E-state index < -0.39 is 12.1 Å². The van der Waals surface area contributed by atoms with Crippen LogP contribution in [-0.4, -0.2) is 68.7 Å². The van der Waals surface area contributed by atoms with Crippen LogP contribution in [-0.2, 0) is 20.7 Å². The Morgan fingerprint density at radius 1 is 1.03 bits per heavy atom. The lowest BCUT2D eigenvalue weighted by Crippen LogP contribution is -2.35. The van der Waals surface area contributed by atoms with Crippen molar-refractivity contribution in [2.45, 2.75) is 58.5 Å². The van der Waals surface area contributed by atoms with Gasteiger partial charge in [0.15, 0.2) is 17.6 Å². The van der Waals surface area contributed by atoms with Crippen LogP contribution in [0.4, 0.5) is 4.79 Å². The van der Waals surface area contributed by atoms with E-state index in [2.05, 4.69) is 6.92 Å². The molecule has 1 aromatic rings. The zero-order valence-corrected chi connectivity index (χ0v) is 19.2. The topological polar surface area (TPSA) is 94.5 Å². The molecular formula is C23H37NO7.